The number of benzene rings is 2. The Bertz CT molecular complexity index is 1610. The van der Waals surface area contributed by atoms with Crippen molar-refractivity contribution >= 4 is 29.4 Å². The molecule has 52 heavy (non-hydrogen) atoms. The molecule has 0 unspecified atom stereocenters. The Morgan fingerprint density at radius 2 is 1.73 bits per heavy atom. The lowest BCUT2D eigenvalue weighted by molar-refractivity contribution is -0.164. The molecule has 2 aromatic rings. The van der Waals surface area contributed by atoms with Gasteiger partial charge in [-0.05, 0) is 69.6 Å². The summed E-state index contributed by atoms with van der Waals surface area (Å²) in [7, 11) is 1.70. The van der Waals surface area contributed by atoms with E-state index in [0.717, 1.165) is 35.2 Å². The van der Waals surface area contributed by atoms with E-state index in [1.807, 2.05) is 69.3 Å². The van der Waals surface area contributed by atoms with Gasteiger partial charge in [-0.2, -0.15) is 0 Å². The van der Waals surface area contributed by atoms with Gasteiger partial charge < -0.3 is 29.3 Å². The number of allylic oxidation sites excluding steroid dienone is 1. The molecule has 3 aliphatic rings. The summed E-state index contributed by atoms with van der Waals surface area (Å²) in [4.78, 5) is 62.2. The van der Waals surface area contributed by atoms with Crippen molar-refractivity contribution in [2.75, 3.05) is 31.6 Å². The molecule has 0 radical (unpaired) electrons. The first-order chi connectivity index (χ1) is 25.0. The number of aliphatic hydroxyl groups excluding tert-OH is 1. The quantitative estimate of drug-likeness (QED) is 0.117. The van der Waals surface area contributed by atoms with Gasteiger partial charge in [0.05, 0.1) is 24.0 Å². The lowest BCUT2D eigenvalue weighted by atomic mass is 9.70. The number of hydrogen-bond donors (Lipinski definition) is 1. The number of nitrogens with zero attached hydrogens (tertiary/aromatic N) is 3. The molecule has 0 aromatic heterocycles. The first kappa shape index (κ1) is 38.9. The number of aryl methyl sites for hydroxylation is 2. The number of anilines is 1. The van der Waals surface area contributed by atoms with Gasteiger partial charge in [-0.1, -0.05) is 73.5 Å². The molecule has 1 spiro atoms. The minimum absolute atomic E-state index is 0.0958. The number of fused-ring (bicyclic) bond motifs is 1. The van der Waals surface area contributed by atoms with Crippen molar-refractivity contribution in [2.45, 2.75) is 102 Å². The molecular weight excluding hydrogens is 658 g/mol. The molecule has 3 amide bonds. The second-order valence-corrected chi connectivity index (χ2v) is 14.5. The molecule has 3 fully saturated rings. The summed E-state index contributed by atoms with van der Waals surface area (Å²) in [6.45, 7) is 14.1. The van der Waals surface area contributed by atoms with E-state index in [-0.39, 0.29) is 37.3 Å². The van der Waals surface area contributed by atoms with Crippen molar-refractivity contribution in [1.29, 1.82) is 0 Å². The maximum absolute atomic E-state index is 15.0. The van der Waals surface area contributed by atoms with Crippen molar-refractivity contribution in [3.8, 4) is 0 Å². The second-order valence-electron chi connectivity index (χ2n) is 14.5. The summed E-state index contributed by atoms with van der Waals surface area (Å²) in [6, 6.07) is 13.8. The number of ether oxygens (including phenoxy) is 2. The third kappa shape index (κ3) is 7.46. The van der Waals surface area contributed by atoms with Gasteiger partial charge in [-0.25, -0.2) is 0 Å². The molecule has 280 valence electrons. The summed E-state index contributed by atoms with van der Waals surface area (Å²) in [6.07, 6.45) is 6.67. The lowest BCUT2D eigenvalue weighted by Crippen LogP contribution is -2.56. The van der Waals surface area contributed by atoms with E-state index in [9.17, 15) is 19.5 Å². The number of rotatable bonds is 18. The maximum Gasteiger partial charge on any atom is 0.313 e. The van der Waals surface area contributed by atoms with Gasteiger partial charge in [-0.3, -0.25) is 19.2 Å². The largest absolute Gasteiger partial charge is 0.455 e. The van der Waals surface area contributed by atoms with E-state index < -0.39 is 47.7 Å². The number of amides is 3. The zero-order chi connectivity index (χ0) is 37.6. The average molecular weight is 714 g/mol. The molecule has 5 rings (SSSR count). The fraction of sp³-hybridized carbons (Fsp3) is 0.524. The van der Waals surface area contributed by atoms with E-state index in [2.05, 4.69) is 13.2 Å². The summed E-state index contributed by atoms with van der Waals surface area (Å²) >= 11 is 0. The Kier molecular flexibility index (Phi) is 12.8. The molecular formula is C42H55N3O7. The summed E-state index contributed by atoms with van der Waals surface area (Å²) in [5.74, 6) is -3.00. The molecule has 3 heterocycles. The Morgan fingerprint density at radius 1 is 1.04 bits per heavy atom. The van der Waals surface area contributed by atoms with E-state index in [4.69, 9.17) is 9.47 Å². The molecule has 3 saturated heterocycles. The lowest BCUT2D eigenvalue weighted by Gasteiger charge is -2.37. The van der Waals surface area contributed by atoms with Crippen LogP contribution in [0.2, 0.25) is 0 Å². The fourth-order valence-electron chi connectivity index (χ4n) is 8.61. The standard InChI is InChI=1S/C42H55N3O7/c1-7-9-22-33(47)43(6)30(5)37(31-20-13-12-14-21-31)51-41(50)34-32-23-24-42(52-32)35(34)39(48)45(26-15-10-11-16-27-46)38(42)40(49)44(25-8-2)36-28(3)18-17-19-29(36)4/h7-8,12-14,17-21,30,32,34-35,37-38,46H,1-2,9-11,15-16,22-27H2,3-6H3/t30-,32+,34-,35-,37+,38+,42-/m1/s1. The molecule has 7 atom stereocenters. The van der Waals surface area contributed by atoms with Crippen LogP contribution < -0.4 is 4.90 Å². The number of likely N-dealkylation sites (N-methyl/N-ethyl adjacent to an activating group) is 1. The first-order valence-electron chi connectivity index (χ1n) is 18.7. The molecule has 0 saturated carbocycles. The Labute approximate surface area is 308 Å². The van der Waals surface area contributed by atoms with Crippen LogP contribution in [0.5, 0.6) is 0 Å². The highest BCUT2D eigenvalue weighted by atomic mass is 16.6. The van der Waals surface area contributed by atoms with Gasteiger partial charge in [0.15, 0.2) is 0 Å². The van der Waals surface area contributed by atoms with Crippen molar-refractivity contribution in [3.05, 3.63) is 90.5 Å². The summed E-state index contributed by atoms with van der Waals surface area (Å²) < 4.78 is 13.1. The number of para-hydroxylation sites is 1. The van der Waals surface area contributed by atoms with Crippen molar-refractivity contribution in [3.63, 3.8) is 0 Å². The van der Waals surface area contributed by atoms with Crippen molar-refractivity contribution < 1.29 is 33.8 Å². The third-order valence-electron chi connectivity index (χ3n) is 11.3. The summed E-state index contributed by atoms with van der Waals surface area (Å²) in [5, 5.41) is 9.31. The van der Waals surface area contributed by atoms with Crippen LogP contribution in [-0.2, 0) is 28.7 Å². The number of aliphatic hydroxyl groups is 1. The number of carbonyl (C=O) groups excluding carboxylic acids is 4. The molecule has 2 aromatic carbocycles. The van der Waals surface area contributed by atoms with Crippen LogP contribution in [0.4, 0.5) is 5.69 Å². The van der Waals surface area contributed by atoms with E-state index in [1.54, 1.807) is 33.9 Å². The van der Waals surface area contributed by atoms with Crippen LogP contribution in [0.15, 0.2) is 73.8 Å². The average Bonchev–Trinajstić information content (AvgIpc) is 3.79. The highest BCUT2D eigenvalue weighted by molar-refractivity contribution is 6.05. The first-order valence-corrected chi connectivity index (χ1v) is 18.7. The van der Waals surface area contributed by atoms with Gasteiger partial charge in [0.1, 0.15) is 17.7 Å². The fourth-order valence-corrected chi connectivity index (χ4v) is 8.61. The normalized spacial score (nSPS) is 24.2. The van der Waals surface area contributed by atoms with Crippen LogP contribution in [0.1, 0.15) is 81.1 Å². The Morgan fingerprint density at radius 3 is 2.38 bits per heavy atom. The topological polar surface area (TPSA) is 117 Å². The predicted octanol–water partition coefficient (Wildman–Crippen LogP) is 5.85. The SMILES string of the molecule is C=CCCC(=O)N(C)[C@H](C)[C@H](OC(=O)[C@@H]1[C@@H]2CC[C@]3(O2)[C@H](C(=O)N(CC=C)c2c(C)cccc2C)N(CCCCCCO)C(=O)[C@@H]13)c1ccccc1. The zero-order valence-corrected chi connectivity index (χ0v) is 31.2. The van der Waals surface area contributed by atoms with Crippen molar-refractivity contribution in [1.82, 2.24) is 9.80 Å². The predicted molar refractivity (Wildman–Crippen MR) is 200 cm³/mol. The zero-order valence-electron chi connectivity index (χ0n) is 31.2. The summed E-state index contributed by atoms with van der Waals surface area (Å²) in [5.41, 5.74) is 2.16. The third-order valence-corrected chi connectivity index (χ3v) is 11.3. The number of carbonyl (C=O) groups is 4. The van der Waals surface area contributed by atoms with Crippen LogP contribution in [0, 0.1) is 25.7 Å². The van der Waals surface area contributed by atoms with Crippen LogP contribution >= 0.6 is 0 Å². The highest BCUT2D eigenvalue weighted by Gasteiger charge is 2.75. The van der Waals surface area contributed by atoms with Crippen LogP contribution in [-0.4, -0.2) is 89.1 Å². The van der Waals surface area contributed by atoms with Gasteiger partial charge in [0.2, 0.25) is 11.8 Å². The molecule has 1 N–H and O–H groups in total. The van der Waals surface area contributed by atoms with E-state index >= 15 is 4.79 Å². The van der Waals surface area contributed by atoms with Gasteiger partial charge >= 0.3 is 5.97 Å². The van der Waals surface area contributed by atoms with Crippen LogP contribution in [0.25, 0.3) is 0 Å². The smallest absolute Gasteiger partial charge is 0.313 e. The molecule has 2 bridgehead atoms. The number of esters is 1. The molecule has 3 aliphatic heterocycles. The highest BCUT2D eigenvalue weighted by Crippen LogP contribution is 2.59. The van der Waals surface area contributed by atoms with E-state index in [0.29, 0.717) is 38.6 Å². The van der Waals surface area contributed by atoms with Crippen LogP contribution in [0.3, 0.4) is 0 Å². The number of unbranched alkanes of at least 4 members (excludes halogenated alkanes) is 3. The molecule has 10 heteroatoms. The Hall–Kier alpha value is -4.28. The van der Waals surface area contributed by atoms with Crippen molar-refractivity contribution in [2.24, 2.45) is 11.8 Å². The Balaban J connectivity index is 1.50. The van der Waals surface area contributed by atoms with Gasteiger partial charge in [-0.15, -0.1) is 13.2 Å². The van der Waals surface area contributed by atoms with Gasteiger partial charge in [0, 0.05) is 38.9 Å². The minimum atomic E-state index is -1.20. The molecule has 10 nitrogen and oxygen atoms in total. The van der Waals surface area contributed by atoms with E-state index in [1.165, 1.54) is 0 Å². The number of hydrogen-bond acceptors (Lipinski definition) is 7. The second kappa shape index (κ2) is 17.0. The van der Waals surface area contributed by atoms with Gasteiger partial charge in [0.25, 0.3) is 5.91 Å². The minimum Gasteiger partial charge on any atom is -0.455 e. The molecule has 0 aliphatic carbocycles. The monoisotopic (exact) mass is 713 g/mol. The maximum atomic E-state index is 15.0. The number of likely N-dealkylation sites (tertiary alicyclic amines) is 1.